The number of nitrogens with one attached hydrogen (secondary N) is 1. The van der Waals surface area contributed by atoms with E-state index in [1.54, 1.807) is 19.2 Å². The highest BCUT2D eigenvalue weighted by Crippen LogP contribution is 2.21. The van der Waals surface area contributed by atoms with Crippen molar-refractivity contribution >= 4 is 35.0 Å². The molecule has 20 heavy (non-hydrogen) atoms. The summed E-state index contributed by atoms with van der Waals surface area (Å²) in [5, 5.41) is 3.52. The zero-order valence-electron chi connectivity index (χ0n) is 12.0. The fourth-order valence-electron chi connectivity index (χ4n) is 1.61. The van der Waals surface area contributed by atoms with Crippen LogP contribution in [-0.2, 0) is 4.79 Å². The third-order valence-corrected chi connectivity index (χ3v) is 2.97. The van der Waals surface area contributed by atoms with Gasteiger partial charge >= 0.3 is 0 Å². The molecule has 0 unspecified atom stereocenters. The van der Waals surface area contributed by atoms with E-state index >= 15 is 0 Å². The Kier molecular flexibility index (Phi) is 5.42. The molecule has 1 rings (SSSR count). The number of amides is 2. The van der Waals surface area contributed by atoms with Crippen LogP contribution in [0.4, 0.5) is 0 Å². The van der Waals surface area contributed by atoms with Crippen LogP contribution < -0.4 is 5.32 Å². The van der Waals surface area contributed by atoms with E-state index in [1.165, 1.54) is 11.0 Å². The Morgan fingerprint density at radius 2 is 1.85 bits per heavy atom. The first-order valence-corrected chi connectivity index (χ1v) is 6.87. The van der Waals surface area contributed by atoms with Crippen LogP contribution >= 0.6 is 23.2 Å². The molecule has 1 aromatic carbocycles. The van der Waals surface area contributed by atoms with E-state index in [0.717, 1.165) is 0 Å². The molecule has 0 atom stereocenters. The second-order valence-electron chi connectivity index (χ2n) is 5.58. The number of nitrogens with zero attached hydrogens (tertiary/aromatic N) is 1. The summed E-state index contributed by atoms with van der Waals surface area (Å²) in [5.41, 5.74) is -0.0560. The van der Waals surface area contributed by atoms with Crippen LogP contribution in [-0.4, -0.2) is 35.8 Å². The minimum atomic E-state index is -0.346. The molecule has 0 spiro atoms. The summed E-state index contributed by atoms with van der Waals surface area (Å²) in [6.45, 7) is 5.58. The Hall–Kier alpha value is -1.26. The van der Waals surface area contributed by atoms with Crippen molar-refractivity contribution < 1.29 is 9.59 Å². The molecule has 1 N–H and O–H groups in total. The van der Waals surface area contributed by atoms with E-state index in [4.69, 9.17) is 23.2 Å². The van der Waals surface area contributed by atoms with Crippen molar-refractivity contribution in [3.05, 3.63) is 33.8 Å². The minimum absolute atomic E-state index is 0.0427. The largest absolute Gasteiger partial charge is 0.350 e. The molecule has 110 valence electrons. The summed E-state index contributed by atoms with van der Waals surface area (Å²) in [5.74, 6) is -0.576. The van der Waals surface area contributed by atoms with Crippen LogP contribution in [0.5, 0.6) is 0 Å². The highest BCUT2D eigenvalue weighted by Gasteiger charge is 2.20. The van der Waals surface area contributed by atoms with Gasteiger partial charge in [0.05, 0.1) is 17.1 Å². The van der Waals surface area contributed by atoms with E-state index in [1.807, 2.05) is 20.8 Å². The van der Waals surface area contributed by atoms with Crippen LogP contribution in [0.3, 0.4) is 0 Å². The second kappa shape index (κ2) is 6.46. The molecule has 1 aromatic rings. The third-order valence-electron chi connectivity index (χ3n) is 2.40. The summed E-state index contributed by atoms with van der Waals surface area (Å²) in [7, 11) is 1.54. The van der Waals surface area contributed by atoms with Crippen molar-refractivity contribution in [1.29, 1.82) is 0 Å². The van der Waals surface area contributed by atoms with Gasteiger partial charge in [0.2, 0.25) is 5.91 Å². The van der Waals surface area contributed by atoms with Crippen molar-refractivity contribution in [2.75, 3.05) is 13.6 Å². The lowest BCUT2D eigenvalue weighted by Gasteiger charge is -2.23. The molecule has 0 aliphatic carbocycles. The minimum Gasteiger partial charge on any atom is -0.350 e. The van der Waals surface area contributed by atoms with Crippen LogP contribution in [0.15, 0.2) is 18.2 Å². The van der Waals surface area contributed by atoms with Crippen LogP contribution in [0.25, 0.3) is 0 Å². The number of hydrogen-bond acceptors (Lipinski definition) is 2. The fraction of sp³-hybridized carbons (Fsp3) is 0.429. The monoisotopic (exact) mass is 316 g/mol. The van der Waals surface area contributed by atoms with E-state index in [-0.39, 0.29) is 29.5 Å². The van der Waals surface area contributed by atoms with Gasteiger partial charge in [-0.2, -0.15) is 0 Å². The number of rotatable bonds is 3. The summed E-state index contributed by atoms with van der Waals surface area (Å²) >= 11 is 11.8. The van der Waals surface area contributed by atoms with Gasteiger partial charge < -0.3 is 10.2 Å². The summed E-state index contributed by atoms with van der Waals surface area (Å²) < 4.78 is 0. The second-order valence-corrected chi connectivity index (χ2v) is 6.43. The van der Waals surface area contributed by atoms with Crippen molar-refractivity contribution in [2.45, 2.75) is 26.3 Å². The maximum Gasteiger partial charge on any atom is 0.255 e. The van der Waals surface area contributed by atoms with Gasteiger partial charge in [0.25, 0.3) is 5.91 Å². The molecule has 0 fully saturated rings. The molecular weight excluding hydrogens is 299 g/mol. The summed E-state index contributed by atoms with van der Waals surface area (Å²) in [6.07, 6.45) is 0. The average Bonchev–Trinajstić information content (AvgIpc) is 2.28. The SMILES string of the molecule is CN(CC(=O)NC(C)(C)C)C(=O)c1cc(Cl)ccc1Cl. The Morgan fingerprint density at radius 3 is 2.40 bits per heavy atom. The van der Waals surface area contributed by atoms with Gasteiger partial charge in [0.1, 0.15) is 0 Å². The van der Waals surface area contributed by atoms with Crippen molar-refractivity contribution in [2.24, 2.45) is 0 Å². The van der Waals surface area contributed by atoms with Gasteiger partial charge in [-0.1, -0.05) is 23.2 Å². The van der Waals surface area contributed by atoms with Gasteiger partial charge in [-0.15, -0.1) is 0 Å². The molecule has 0 saturated heterocycles. The normalized spacial score (nSPS) is 11.1. The van der Waals surface area contributed by atoms with Gasteiger partial charge in [0.15, 0.2) is 0 Å². The van der Waals surface area contributed by atoms with Crippen LogP contribution in [0, 0.1) is 0 Å². The lowest BCUT2D eigenvalue weighted by molar-refractivity contribution is -0.122. The number of carbonyl (C=O) groups excluding carboxylic acids is 2. The highest BCUT2D eigenvalue weighted by molar-refractivity contribution is 6.35. The molecule has 2 amide bonds. The average molecular weight is 317 g/mol. The number of hydrogen-bond donors (Lipinski definition) is 1. The maximum absolute atomic E-state index is 12.2. The Labute approximate surface area is 129 Å². The lowest BCUT2D eigenvalue weighted by Crippen LogP contribution is -2.46. The zero-order valence-corrected chi connectivity index (χ0v) is 13.5. The standard InChI is InChI=1S/C14H18Cl2N2O2/c1-14(2,3)17-12(19)8-18(4)13(20)10-7-9(15)5-6-11(10)16/h5-7H,8H2,1-4H3,(H,17,19). The molecular formula is C14H18Cl2N2O2. The van der Waals surface area contributed by atoms with Gasteiger partial charge in [-0.25, -0.2) is 0 Å². The number of benzene rings is 1. The first kappa shape index (κ1) is 16.8. The number of halogens is 2. The predicted octanol–water partition coefficient (Wildman–Crippen LogP) is 2.98. The zero-order chi connectivity index (χ0) is 15.5. The highest BCUT2D eigenvalue weighted by atomic mass is 35.5. The maximum atomic E-state index is 12.2. The molecule has 0 aliphatic heterocycles. The number of carbonyl (C=O) groups is 2. The van der Waals surface area contributed by atoms with Gasteiger partial charge in [0, 0.05) is 17.6 Å². The fourth-order valence-corrected chi connectivity index (χ4v) is 1.98. The van der Waals surface area contributed by atoms with E-state index in [0.29, 0.717) is 10.0 Å². The predicted molar refractivity (Wildman–Crippen MR) is 81.3 cm³/mol. The molecule has 0 saturated carbocycles. The first-order chi connectivity index (χ1) is 9.10. The van der Waals surface area contributed by atoms with Crippen molar-refractivity contribution in [1.82, 2.24) is 10.2 Å². The van der Waals surface area contributed by atoms with E-state index in [2.05, 4.69) is 5.32 Å². The first-order valence-electron chi connectivity index (χ1n) is 6.11. The Balaban J connectivity index is 2.77. The molecule has 0 heterocycles. The van der Waals surface area contributed by atoms with E-state index < -0.39 is 0 Å². The lowest BCUT2D eigenvalue weighted by atomic mass is 10.1. The van der Waals surface area contributed by atoms with Gasteiger partial charge in [-0.05, 0) is 39.0 Å². The van der Waals surface area contributed by atoms with Crippen LogP contribution in [0.2, 0.25) is 10.0 Å². The van der Waals surface area contributed by atoms with Crippen molar-refractivity contribution in [3.63, 3.8) is 0 Å². The number of likely N-dealkylation sites (N-methyl/N-ethyl adjacent to an activating group) is 1. The molecule has 0 radical (unpaired) electrons. The third kappa shape index (κ3) is 5.02. The molecule has 6 heteroatoms. The molecule has 0 aromatic heterocycles. The summed E-state index contributed by atoms with van der Waals surface area (Å²) in [4.78, 5) is 25.3. The summed E-state index contributed by atoms with van der Waals surface area (Å²) in [6, 6.07) is 4.65. The topological polar surface area (TPSA) is 49.4 Å². The van der Waals surface area contributed by atoms with Crippen molar-refractivity contribution in [3.8, 4) is 0 Å². The van der Waals surface area contributed by atoms with Gasteiger partial charge in [-0.3, -0.25) is 9.59 Å². The Bertz CT molecular complexity index is 524. The smallest absolute Gasteiger partial charge is 0.255 e. The Morgan fingerprint density at radius 1 is 1.25 bits per heavy atom. The molecule has 0 aliphatic rings. The van der Waals surface area contributed by atoms with E-state index in [9.17, 15) is 9.59 Å². The molecule has 4 nitrogen and oxygen atoms in total. The molecule has 0 bridgehead atoms. The quantitative estimate of drug-likeness (QED) is 0.932. The van der Waals surface area contributed by atoms with Crippen LogP contribution in [0.1, 0.15) is 31.1 Å².